The maximum Gasteiger partial charge on any atom is 0.269 e. The number of methoxy groups -OCH3 is 1. The number of benzene rings is 1. The minimum absolute atomic E-state index is 0.176. The zero-order chi connectivity index (χ0) is 19.2. The molecule has 0 atom stereocenters. The van der Waals surface area contributed by atoms with Gasteiger partial charge in [0.25, 0.3) is 5.91 Å². The monoisotopic (exact) mass is 367 g/mol. The molecule has 142 valence electrons. The van der Waals surface area contributed by atoms with Crippen molar-refractivity contribution in [1.82, 2.24) is 25.1 Å². The molecule has 0 unspecified atom stereocenters. The van der Waals surface area contributed by atoms with Crippen LogP contribution in [0.4, 0.5) is 0 Å². The number of H-pyrrole nitrogens is 1. The fourth-order valence-corrected chi connectivity index (χ4v) is 2.93. The van der Waals surface area contributed by atoms with Crippen molar-refractivity contribution in [3.8, 4) is 11.3 Å². The standard InChI is InChI=1S/C20H25N5O2/c1-4-15-5-7-16(8-6-15)17-11-18(24-23-17)20(26)21-9-10-25-14(2)12-22-19(25)13-27-3/h5-8,11-12H,4,9-10,13H2,1-3H3,(H,21,26)(H,23,24). The number of carbonyl (C=O) groups is 1. The highest BCUT2D eigenvalue weighted by atomic mass is 16.5. The van der Waals surface area contributed by atoms with Crippen LogP contribution in [0, 0.1) is 6.92 Å². The Morgan fingerprint density at radius 2 is 2.07 bits per heavy atom. The van der Waals surface area contributed by atoms with Gasteiger partial charge in [0.2, 0.25) is 0 Å². The maximum atomic E-state index is 12.4. The zero-order valence-corrected chi connectivity index (χ0v) is 16.0. The Balaban J connectivity index is 1.59. The first-order valence-electron chi connectivity index (χ1n) is 9.05. The highest BCUT2D eigenvalue weighted by Crippen LogP contribution is 2.18. The van der Waals surface area contributed by atoms with Crippen molar-refractivity contribution >= 4 is 5.91 Å². The number of aromatic amines is 1. The summed E-state index contributed by atoms with van der Waals surface area (Å²) >= 11 is 0. The van der Waals surface area contributed by atoms with Gasteiger partial charge in [-0.15, -0.1) is 0 Å². The molecule has 0 aliphatic heterocycles. The molecule has 0 saturated heterocycles. The van der Waals surface area contributed by atoms with Gasteiger partial charge in [0.1, 0.15) is 18.1 Å². The van der Waals surface area contributed by atoms with E-state index in [-0.39, 0.29) is 5.91 Å². The van der Waals surface area contributed by atoms with E-state index in [1.807, 2.05) is 23.6 Å². The van der Waals surface area contributed by atoms with E-state index < -0.39 is 0 Å². The molecule has 0 bridgehead atoms. The summed E-state index contributed by atoms with van der Waals surface area (Å²) in [4.78, 5) is 16.7. The lowest BCUT2D eigenvalue weighted by Gasteiger charge is -2.10. The molecular weight excluding hydrogens is 342 g/mol. The summed E-state index contributed by atoms with van der Waals surface area (Å²) < 4.78 is 7.19. The van der Waals surface area contributed by atoms with Crippen LogP contribution in [-0.2, 0) is 24.3 Å². The van der Waals surface area contributed by atoms with Crippen LogP contribution in [-0.4, -0.2) is 39.3 Å². The molecular formula is C20H25N5O2. The number of aryl methyl sites for hydroxylation is 2. The summed E-state index contributed by atoms with van der Waals surface area (Å²) in [7, 11) is 1.64. The van der Waals surface area contributed by atoms with E-state index >= 15 is 0 Å². The van der Waals surface area contributed by atoms with Gasteiger partial charge >= 0.3 is 0 Å². The third-order valence-electron chi connectivity index (χ3n) is 4.51. The average molecular weight is 367 g/mol. The normalized spacial score (nSPS) is 10.9. The summed E-state index contributed by atoms with van der Waals surface area (Å²) in [5, 5.41) is 9.99. The molecule has 3 aromatic rings. The third-order valence-corrected chi connectivity index (χ3v) is 4.51. The molecule has 0 spiro atoms. The number of imidazole rings is 1. The Morgan fingerprint density at radius 3 is 2.78 bits per heavy atom. The lowest BCUT2D eigenvalue weighted by molar-refractivity contribution is 0.0946. The third kappa shape index (κ3) is 4.43. The van der Waals surface area contributed by atoms with Gasteiger partial charge in [0.05, 0.1) is 5.69 Å². The van der Waals surface area contributed by atoms with Crippen molar-refractivity contribution in [2.45, 2.75) is 33.4 Å². The molecule has 1 amide bonds. The molecule has 2 N–H and O–H groups in total. The summed E-state index contributed by atoms with van der Waals surface area (Å²) in [5.41, 5.74) is 4.51. The number of rotatable bonds is 8. The van der Waals surface area contributed by atoms with E-state index in [2.05, 4.69) is 39.6 Å². The Kier molecular flexibility index (Phi) is 6.03. The second-order valence-corrected chi connectivity index (χ2v) is 6.37. The van der Waals surface area contributed by atoms with Gasteiger partial charge in [-0.3, -0.25) is 9.89 Å². The van der Waals surface area contributed by atoms with Crippen LogP contribution in [0.15, 0.2) is 36.5 Å². The highest BCUT2D eigenvalue weighted by molar-refractivity contribution is 5.93. The van der Waals surface area contributed by atoms with E-state index in [1.165, 1.54) is 5.56 Å². The van der Waals surface area contributed by atoms with E-state index in [4.69, 9.17) is 4.74 Å². The number of hydrogen-bond acceptors (Lipinski definition) is 4. The molecule has 0 aliphatic rings. The number of ether oxygens (including phenoxy) is 1. The predicted molar refractivity (Wildman–Crippen MR) is 103 cm³/mol. The Hall–Kier alpha value is -2.93. The number of nitrogens with one attached hydrogen (secondary N) is 2. The van der Waals surface area contributed by atoms with Crippen LogP contribution >= 0.6 is 0 Å². The first-order valence-corrected chi connectivity index (χ1v) is 9.05. The fourth-order valence-electron chi connectivity index (χ4n) is 2.93. The maximum absolute atomic E-state index is 12.4. The molecule has 3 rings (SSSR count). The summed E-state index contributed by atoms with van der Waals surface area (Å²) in [6, 6.07) is 9.98. The first-order chi connectivity index (χ1) is 13.1. The van der Waals surface area contributed by atoms with E-state index in [0.29, 0.717) is 25.4 Å². The smallest absolute Gasteiger partial charge is 0.269 e. The summed E-state index contributed by atoms with van der Waals surface area (Å²) in [5.74, 6) is 0.675. The van der Waals surface area contributed by atoms with Crippen LogP contribution in [0.2, 0.25) is 0 Å². The van der Waals surface area contributed by atoms with Crippen LogP contribution in [0.1, 0.15) is 34.5 Å². The van der Waals surface area contributed by atoms with Crippen LogP contribution in [0.25, 0.3) is 11.3 Å². The number of aromatic nitrogens is 4. The van der Waals surface area contributed by atoms with Crippen molar-refractivity contribution in [3.05, 3.63) is 59.3 Å². The molecule has 27 heavy (non-hydrogen) atoms. The van der Waals surface area contributed by atoms with Crippen molar-refractivity contribution in [3.63, 3.8) is 0 Å². The van der Waals surface area contributed by atoms with Gasteiger partial charge in [-0.25, -0.2) is 4.98 Å². The molecule has 0 aliphatic carbocycles. The molecule has 2 heterocycles. The van der Waals surface area contributed by atoms with Gasteiger partial charge in [-0.05, 0) is 25.0 Å². The average Bonchev–Trinajstić information content (AvgIpc) is 3.31. The molecule has 0 saturated carbocycles. The summed E-state index contributed by atoms with van der Waals surface area (Å²) in [6.45, 7) is 5.68. The largest absolute Gasteiger partial charge is 0.377 e. The number of nitrogens with zero attached hydrogens (tertiary/aromatic N) is 3. The van der Waals surface area contributed by atoms with Gasteiger partial charge in [0.15, 0.2) is 0 Å². The molecule has 0 radical (unpaired) electrons. The molecule has 7 heteroatoms. The molecule has 2 aromatic heterocycles. The number of carbonyl (C=O) groups excluding carboxylic acids is 1. The topological polar surface area (TPSA) is 84.8 Å². The van der Waals surface area contributed by atoms with Gasteiger partial charge < -0.3 is 14.6 Å². The Bertz CT molecular complexity index is 895. The predicted octanol–water partition coefficient (Wildman–Crippen LogP) is 2.72. The molecule has 1 aromatic carbocycles. The van der Waals surface area contributed by atoms with E-state index in [9.17, 15) is 4.79 Å². The van der Waals surface area contributed by atoms with Gasteiger partial charge in [0, 0.05) is 37.7 Å². The first kappa shape index (κ1) is 18.8. The Morgan fingerprint density at radius 1 is 1.30 bits per heavy atom. The van der Waals surface area contributed by atoms with Crippen LogP contribution in [0.3, 0.4) is 0 Å². The number of amides is 1. The highest BCUT2D eigenvalue weighted by Gasteiger charge is 2.12. The zero-order valence-electron chi connectivity index (χ0n) is 16.0. The SMILES string of the molecule is CCc1ccc(-c2cc(C(=O)NCCn3c(C)cnc3COC)[nH]n2)cc1. The van der Waals surface area contributed by atoms with Crippen molar-refractivity contribution in [2.24, 2.45) is 0 Å². The quantitative estimate of drug-likeness (QED) is 0.641. The molecule has 0 fully saturated rings. The van der Waals surface area contributed by atoms with E-state index in [1.54, 1.807) is 19.4 Å². The van der Waals surface area contributed by atoms with Gasteiger partial charge in [-0.2, -0.15) is 5.10 Å². The number of hydrogen-bond donors (Lipinski definition) is 2. The fraction of sp³-hybridized carbons (Fsp3) is 0.350. The molecule has 7 nitrogen and oxygen atoms in total. The second-order valence-electron chi connectivity index (χ2n) is 6.37. The van der Waals surface area contributed by atoms with Gasteiger partial charge in [-0.1, -0.05) is 31.2 Å². The van der Waals surface area contributed by atoms with E-state index in [0.717, 1.165) is 29.2 Å². The second kappa shape index (κ2) is 8.64. The van der Waals surface area contributed by atoms with Crippen LogP contribution < -0.4 is 5.32 Å². The van der Waals surface area contributed by atoms with Crippen molar-refractivity contribution in [1.29, 1.82) is 0 Å². The van der Waals surface area contributed by atoms with Crippen LogP contribution in [0.5, 0.6) is 0 Å². The Labute approximate surface area is 158 Å². The van der Waals surface area contributed by atoms with Crippen molar-refractivity contribution in [2.75, 3.05) is 13.7 Å². The lowest BCUT2D eigenvalue weighted by Crippen LogP contribution is -2.28. The van der Waals surface area contributed by atoms with Crippen molar-refractivity contribution < 1.29 is 9.53 Å². The minimum atomic E-state index is -0.176. The summed E-state index contributed by atoms with van der Waals surface area (Å²) in [6.07, 6.45) is 2.80. The lowest BCUT2D eigenvalue weighted by atomic mass is 10.1. The minimum Gasteiger partial charge on any atom is -0.377 e.